The van der Waals surface area contributed by atoms with E-state index in [-0.39, 0.29) is 18.7 Å². The quantitative estimate of drug-likeness (QED) is 0.735. The van der Waals surface area contributed by atoms with Crippen LogP contribution in [0, 0.1) is 0 Å². The normalized spacial score (nSPS) is 20.5. The molecule has 3 rings (SSSR count). The van der Waals surface area contributed by atoms with Gasteiger partial charge in [-0.05, 0) is 30.4 Å². The highest BCUT2D eigenvalue weighted by molar-refractivity contribution is 5.71. The topological polar surface area (TPSA) is 35.5 Å². The predicted molar refractivity (Wildman–Crippen MR) is 93.6 cm³/mol. The van der Waals surface area contributed by atoms with E-state index in [1.807, 2.05) is 48.5 Å². The van der Waals surface area contributed by atoms with Crippen molar-refractivity contribution in [2.24, 2.45) is 0 Å². The zero-order chi connectivity index (χ0) is 16.6. The van der Waals surface area contributed by atoms with E-state index in [1.165, 1.54) is 12.0 Å². The molecule has 2 aromatic carbocycles. The molecule has 0 N–H and O–H groups in total. The summed E-state index contributed by atoms with van der Waals surface area (Å²) in [6.07, 6.45) is 4.29. The highest BCUT2D eigenvalue weighted by Gasteiger charge is 2.29. The van der Waals surface area contributed by atoms with Crippen LogP contribution in [0.4, 0.5) is 0 Å². The van der Waals surface area contributed by atoms with E-state index in [0.717, 1.165) is 24.8 Å². The second-order valence-corrected chi connectivity index (χ2v) is 6.31. The number of hydrogen-bond donors (Lipinski definition) is 0. The zero-order valence-corrected chi connectivity index (χ0v) is 13.9. The molecule has 3 nitrogen and oxygen atoms in total. The minimum absolute atomic E-state index is 0.00685. The summed E-state index contributed by atoms with van der Waals surface area (Å²) in [5.41, 5.74) is 2.32. The summed E-state index contributed by atoms with van der Waals surface area (Å²) < 4.78 is 11.2. The molecule has 0 aliphatic heterocycles. The van der Waals surface area contributed by atoms with Crippen molar-refractivity contribution < 1.29 is 14.3 Å². The summed E-state index contributed by atoms with van der Waals surface area (Å²) in [7, 11) is 0. The Bertz CT molecular complexity index is 624. The fourth-order valence-corrected chi connectivity index (χ4v) is 3.35. The molecule has 1 aliphatic rings. The maximum atomic E-state index is 12.1. The summed E-state index contributed by atoms with van der Waals surface area (Å²) in [6.45, 7) is 0.440. The van der Waals surface area contributed by atoms with Gasteiger partial charge in [0.1, 0.15) is 12.7 Å². The van der Waals surface area contributed by atoms with Crippen LogP contribution in [0.25, 0.3) is 0 Å². The molecule has 1 aliphatic carbocycles. The van der Waals surface area contributed by atoms with Crippen LogP contribution < -0.4 is 0 Å². The van der Waals surface area contributed by atoms with Gasteiger partial charge in [-0.2, -0.15) is 0 Å². The lowest BCUT2D eigenvalue weighted by Gasteiger charge is -2.31. The van der Waals surface area contributed by atoms with Crippen molar-refractivity contribution in [2.75, 3.05) is 6.61 Å². The Morgan fingerprint density at radius 1 is 0.917 bits per heavy atom. The van der Waals surface area contributed by atoms with Gasteiger partial charge in [0.25, 0.3) is 0 Å². The lowest BCUT2D eigenvalue weighted by Crippen LogP contribution is -2.30. The van der Waals surface area contributed by atoms with Crippen molar-refractivity contribution in [3.63, 3.8) is 0 Å². The van der Waals surface area contributed by atoms with Gasteiger partial charge in [-0.1, -0.05) is 67.1 Å². The average Bonchev–Trinajstić information content (AvgIpc) is 2.64. The number of ether oxygens (including phenoxy) is 2. The lowest BCUT2D eigenvalue weighted by molar-refractivity contribution is -0.157. The number of esters is 1. The minimum atomic E-state index is -0.265. The third kappa shape index (κ3) is 4.68. The Morgan fingerprint density at radius 3 is 2.33 bits per heavy atom. The molecule has 0 heterocycles. The van der Waals surface area contributed by atoms with Gasteiger partial charge in [0, 0.05) is 5.92 Å². The van der Waals surface area contributed by atoms with Gasteiger partial charge >= 0.3 is 5.97 Å². The molecule has 0 saturated heterocycles. The molecular formula is C21H24O3. The number of carbonyl (C=O) groups is 1. The van der Waals surface area contributed by atoms with E-state index >= 15 is 0 Å². The summed E-state index contributed by atoms with van der Waals surface area (Å²) in [6, 6.07) is 20.2. The Labute approximate surface area is 143 Å². The third-order valence-electron chi connectivity index (χ3n) is 4.54. The van der Waals surface area contributed by atoms with E-state index in [0.29, 0.717) is 12.5 Å². The van der Waals surface area contributed by atoms with Gasteiger partial charge in [0.15, 0.2) is 0 Å². The van der Waals surface area contributed by atoms with Crippen molar-refractivity contribution in [1.29, 1.82) is 0 Å². The van der Waals surface area contributed by atoms with Crippen molar-refractivity contribution in [1.82, 2.24) is 0 Å². The fourth-order valence-electron chi connectivity index (χ4n) is 3.35. The van der Waals surface area contributed by atoms with Crippen LogP contribution in [0.2, 0.25) is 0 Å². The van der Waals surface area contributed by atoms with Crippen LogP contribution in [0.1, 0.15) is 42.7 Å². The molecule has 0 radical (unpaired) electrons. The van der Waals surface area contributed by atoms with Crippen LogP contribution in [-0.4, -0.2) is 18.7 Å². The van der Waals surface area contributed by atoms with Crippen molar-refractivity contribution in [2.45, 2.75) is 44.3 Å². The van der Waals surface area contributed by atoms with Crippen molar-refractivity contribution >= 4 is 5.97 Å². The average molecular weight is 324 g/mol. The molecule has 126 valence electrons. The molecule has 2 atom stereocenters. The monoisotopic (exact) mass is 324 g/mol. The van der Waals surface area contributed by atoms with E-state index in [2.05, 4.69) is 12.1 Å². The highest BCUT2D eigenvalue weighted by atomic mass is 16.6. The van der Waals surface area contributed by atoms with Crippen LogP contribution in [-0.2, 0) is 20.9 Å². The van der Waals surface area contributed by atoms with Gasteiger partial charge in [0.2, 0.25) is 0 Å². The summed E-state index contributed by atoms with van der Waals surface area (Å²) >= 11 is 0. The Balaban J connectivity index is 1.50. The van der Waals surface area contributed by atoms with Gasteiger partial charge in [-0.25, -0.2) is 4.79 Å². The van der Waals surface area contributed by atoms with E-state index in [1.54, 1.807) is 0 Å². The van der Waals surface area contributed by atoms with Crippen molar-refractivity contribution in [3.05, 3.63) is 71.8 Å². The summed E-state index contributed by atoms with van der Waals surface area (Å²) in [4.78, 5) is 12.1. The number of carbonyl (C=O) groups excluding carboxylic acids is 1. The van der Waals surface area contributed by atoms with E-state index < -0.39 is 0 Å². The molecule has 0 amide bonds. The molecule has 0 aromatic heterocycles. The largest absolute Gasteiger partial charge is 0.460 e. The first kappa shape index (κ1) is 16.7. The predicted octanol–water partition coefficient (Wildman–Crippen LogP) is 4.47. The molecule has 2 aromatic rings. The molecular weight excluding hydrogens is 300 g/mol. The molecule has 0 spiro atoms. The third-order valence-corrected chi connectivity index (χ3v) is 4.54. The van der Waals surface area contributed by atoms with Crippen LogP contribution in [0.5, 0.6) is 0 Å². The maximum Gasteiger partial charge on any atom is 0.332 e. The zero-order valence-electron chi connectivity index (χ0n) is 13.9. The fraction of sp³-hybridized carbons (Fsp3) is 0.381. The second kappa shape index (κ2) is 8.65. The molecule has 24 heavy (non-hydrogen) atoms. The van der Waals surface area contributed by atoms with E-state index in [4.69, 9.17) is 9.47 Å². The number of benzene rings is 2. The summed E-state index contributed by atoms with van der Waals surface area (Å²) in [5.74, 6) is 0.0387. The van der Waals surface area contributed by atoms with Crippen LogP contribution in [0.3, 0.4) is 0 Å². The molecule has 1 saturated carbocycles. The smallest absolute Gasteiger partial charge is 0.332 e. The van der Waals surface area contributed by atoms with Gasteiger partial charge < -0.3 is 9.47 Å². The van der Waals surface area contributed by atoms with Crippen molar-refractivity contribution in [3.8, 4) is 0 Å². The first-order chi connectivity index (χ1) is 11.8. The molecule has 3 heteroatoms. The Hall–Kier alpha value is -2.13. The first-order valence-corrected chi connectivity index (χ1v) is 8.69. The Morgan fingerprint density at radius 2 is 1.58 bits per heavy atom. The molecule has 1 fully saturated rings. The summed E-state index contributed by atoms with van der Waals surface area (Å²) in [5, 5.41) is 0. The van der Waals surface area contributed by atoms with Crippen LogP contribution >= 0.6 is 0 Å². The number of hydrogen-bond acceptors (Lipinski definition) is 3. The minimum Gasteiger partial charge on any atom is -0.460 e. The lowest BCUT2D eigenvalue weighted by atomic mass is 9.81. The Kier molecular flexibility index (Phi) is 6.02. The van der Waals surface area contributed by atoms with E-state index in [9.17, 15) is 4.79 Å². The SMILES string of the molecule is O=C(COCc1ccccc1)O[C@@H]1CCCC[C@H]1c1ccccc1. The standard InChI is InChI=1S/C21H24O3/c22-21(16-23-15-17-9-3-1-4-10-17)24-20-14-8-7-13-19(20)18-11-5-2-6-12-18/h1-6,9-12,19-20H,7-8,13-16H2/t19-,20+/m0/s1. The maximum absolute atomic E-state index is 12.1. The molecule has 0 unspecified atom stereocenters. The first-order valence-electron chi connectivity index (χ1n) is 8.69. The van der Waals surface area contributed by atoms with Gasteiger partial charge in [0.05, 0.1) is 6.61 Å². The van der Waals surface area contributed by atoms with Gasteiger partial charge in [-0.15, -0.1) is 0 Å². The van der Waals surface area contributed by atoms with Gasteiger partial charge in [-0.3, -0.25) is 0 Å². The number of rotatable bonds is 6. The second-order valence-electron chi connectivity index (χ2n) is 6.31. The molecule has 0 bridgehead atoms. The highest BCUT2D eigenvalue weighted by Crippen LogP contribution is 2.34. The van der Waals surface area contributed by atoms with Crippen LogP contribution in [0.15, 0.2) is 60.7 Å².